The minimum atomic E-state index is -0.673. The highest BCUT2D eigenvalue weighted by atomic mass is 32.1. The highest BCUT2D eigenvalue weighted by Crippen LogP contribution is 2.24. The van der Waals surface area contributed by atoms with Crippen LogP contribution in [0, 0.1) is 5.82 Å². The predicted octanol–water partition coefficient (Wildman–Crippen LogP) is 2.10. The van der Waals surface area contributed by atoms with Crippen LogP contribution in [0.2, 0.25) is 0 Å². The van der Waals surface area contributed by atoms with Crippen molar-refractivity contribution in [2.24, 2.45) is 0 Å². The maximum atomic E-state index is 14.5. The van der Waals surface area contributed by atoms with Gasteiger partial charge >= 0.3 is 6.03 Å². The number of H-pyrrole nitrogens is 1. The molecule has 8 nitrogen and oxygen atoms in total. The molecule has 0 aliphatic heterocycles. The number of hydrogen-bond donors (Lipinski definition) is 3. The van der Waals surface area contributed by atoms with Crippen molar-refractivity contribution in [2.75, 3.05) is 6.54 Å². The lowest BCUT2D eigenvalue weighted by molar-refractivity contribution is 0.225. The second-order valence-electron chi connectivity index (χ2n) is 5.15. The van der Waals surface area contributed by atoms with Crippen LogP contribution < -0.4 is 5.32 Å². The number of nitrogens with zero attached hydrogens (tertiary/aromatic N) is 5. The summed E-state index contributed by atoms with van der Waals surface area (Å²) in [7, 11) is 0. The van der Waals surface area contributed by atoms with Gasteiger partial charge in [-0.15, -0.1) is 0 Å². The summed E-state index contributed by atoms with van der Waals surface area (Å²) in [5.41, 5.74) is 1.29. The standard InChI is InChI=1S/C15H16FN7OS/c1-2-23(25)15(24)19-14(12-9-17-21-20-12)10-4-5-13(11(16)8-10)22-7-3-6-18-22/h3-9,14,25H,2H2,1H3,(H,19,24)(H,17,20,21). The lowest BCUT2D eigenvalue weighted by atomic mass is 10.0. The SMILES string of the molecule is CCN(S)C(=O)NC(c1ccc(-n2cccn2)c(F)c1)c1cn[nH]n1. The van der Waals surface area contributed by atoms with Crippen molar-refractivity contribution < 1.29 is 9.18 Å². The van der Waals surface area contributed by atoms with E-state index >= 15 is 0 Å². The zero-order valence-electron chi connectivity index (χ0n) is 13.3. The molecule has 0 saturated carbocycles. The summed E-state index contributed by atoms with van der Waals surface area (Å²) in [4.78, 5) is 12.2. The van der Waals surface area contributed by atoms with E-state index in [2.05, 4.69) is 38.6 Å². The first-order chi connectivity index (χ1) is 12.1. The van der Waals surface area contributed by atoms with E-state index in [1.807, 2.05) is 0 Å². The van der Waals surface area contributed by atoms with Gasteiger partial charge in [-0.25, -0.2) is 13.9 Å². The lowest BCUT2D eigenvalue weighted by Crippen LogP contribution is -2.37. The third-order valence-corrected chi connectivity index (χ3v) is 4.05. The number of rotatable bonds is 5. The van der Waals surface area contributed by atoms with Crippen LogP contribution in [-0.2, 0) is 0 Å². The number of amides is 2. The molecule has 3 aromatic rings. The van der Waals surface area contributed by atoms with E-state index in [9.17, 15) is 9.18 Å². The Morgan fingerprint density at radius 3 is 2.96 bits per heavy atom. The predicted molar refractivity (Wildman–Crippen MR) is 91.6 cm³/mol. The maximum absolute atomic E-state index is 14.5. The number of benzene rings is 1. The van der Waals surface area contributed by atoms with Gasteiger partial charge in [0.15, 0.2) is 0 Å². The van der Waals surface area contributed by atoms with Crippen LogP contribution in [-0.4, -0.2) is 42.1 Å². The molecule has 2 aromatic heterocycles. The van der Waals surface area contributed by atoms with E-state index in [1.54, 1.807) is 37.5 Å². The van der Waals surface area contributed by atoms with Gasteiger partial charge in [0.05, 0.1) is 6.20 Å². The van der Waals surface area contributed by atoms with E-state index < -0.39 is 17.9 Å². The molecule has 25 heavy (non-hydrogen) atoms. The number of halogens is 1. The van der Waals surface area contributed by atoms with E-state index in [1.165, 1.54) is 21.3 Å². The van der Waals surface area contributed by atoms with Gasteiger partial charge in [0, 0.05) is 18.9 Å². The van der Waals surface area contributed by atoms with Crippen LogP contribution in [0.4, 0.5) is 9.18 Å². The fourth-order valence-corrected chi connectivity index (χ4v) is 2.38. The van der Waals surface area contributed by atoms with Gasteiger partial charge in [-0.3, -0.25) is 4.31 Å². The summed E-state index contributed by atoms with van der Waals surface area (Å²) >= 11 is 4.08. The van der Waals surface area contributed by atoms with Gasteiger partial charge in [0.2, 0.25) is 0 Å². The molecular formula is C15H16FN7OS. The van der Waals surface area contributed by atoms with Crippen LogP contribution in [0.3, 0.4) is 0 Å². The van der Waals surface area contributed by atoms with Gasteiger partial charge in [-0.05, 0) is 30.7 Å². The number of hydrogen-bond acceptors (Lipinski definition) is 5. The van der Waals surface area contributed by atoms with Crippen molar-refractivity contribution in [3.8, 4) is 5.69 Å². The van der Waals surface area contributed by atoms with Crippen molar-refractivity contribution in [3.05, 3.63) is 59.9 Å². The molecule has 1 unspecified atom stereocenters. The molecule has 0 spiro atoms. The molecule has 0 saturated heterocycles. The topological polar surface area (TPSA) is 91.7 Å². The van der Waals surface area contributed by atoms with Crippen molar-refractivity contribution in [1.29, 1.82) is 0 Å². The van der Waals surface area contributed by atoms with Crippen molar-refractivity contribution in [1.82, 2.24) is 34.8 Å². The Balaban J connectivity index is 1.94. The second kappa shape index (κ2) is 7.34. The number of urea groups is 1. The van der Waals surface area contributed by atoms with Crippen molar-refractivity contribution >= 4 is 18.8 Å². The zero-order chi connectivity index (χ0) is 17.8. The molecule has 2 amide bonds. The Kier molecular flexibility index (Phi) is 4.98. The maximum Gasteiger partial charge on any atom is 0.328 e. The number of nitrogens with one attached hydrogen (secondary N) is 2. The average molecular weight is 361 g/mol. The molecule has 1 aromatic carbocycles. The third kappa shape index (κ3) is 3.63. The van der Waals surface area contributed by atoms with Gasteiger partial charge in [0.25, 0.3) is 0 Å². The molecule has 1 atom stereocenters. The fraction of sp³-hybridized carbons (Fsp3) is 0.200. The quantitative estimate of drug-likeness (QED) is 0.607. The number of carbonyl (C=O) groups is 1. The minimum absolute atomic E-state index is 0.309. The summed E-state index contributed by atoms with van der Waals surface area (Å²) in [6, 6.07) is 5.25. The molecule has 10 heteroatoms. The van der Waals surface area contributed by atoms with Gasteiger partial charge in [-0.1, -0.05) is 18.9 Å². The summed E-state index contributed by atoms with van der Waals surface area (Å²) in [6.45, 7) is 2.20. The van der Waals surface area contributed by atoms with Gasteiger partial charge < -0.3 is 5.32 Å². The highest BCUT2D eigenvalue weighted by molar-refractivity contribution is 7.78. The fourth-order valence-electron chi connectivity index (χ4n) is 2.32. The number of aromatic amines is 1. The molecule has 2 N–H and O–H groups in total. The summed E-state index contributed by atoms with van der Waals surface area (Å²) in [5.74, 6) is -0.470. The number of carbonyl (C=O) groups excluding carboxylic acids is 1. The van der Waals surface area contributed by atoms with Gasteiger partial charge in [0.1, 0.15) is 23.2 Å². The largest absolute Gasteiger partial charge is 0.328 e. The summed E-state index contributed by atoms with van der Waals surface area (Å²) < 4.78 is 17.2. The Morgan fingerprint density at radius 2 is 2.36 bits per heavy atom. The molecule has 0 bridgehead atoms. The minimum Gasteiger partial charge on any atom is -0.325 e. The summed E-state index contributed by atoms with van der Waals surface area (Å²) in [5, 5.41) is 17.0. The summed E-state index contributed by atoms with van der Waals surface area (Å²) in [6.07, 6.45) is 4.69. The first-order valence-corrected chi connectivity index (χ1v) is 7.92. The van der Waals surface area contributed by atoms with Crippen LogP contribution in [0.1, 0.15) is 24.2 Å². The molecule has 130 valence electrons. The van der Waals surface area contributed by atoms with E-state index in [4.69, 9.17) is 0 Å². The molecule has 2 heterocycles. The molecule has 0 radical (unpaired) electrons. The highest BCUT2D eigenvalue weighted by Gasteiger charge is 2.22. The first-order valence-electron chi connectivity index (χ1n) is 7.52. The molecule has 3 rings (SSSR count). The lowest BCUT2D eigenvalue weighted by Gasteiger charge is -2.21. The van der Waals surface area contributed by atoms with E-state index in [0.717, 1.165) is 0 Å². The number of aromatic nitrogens is 5. The van der Waals surface area contributed by atoms with E-state index in [0.29, 0.717) is 23.5 Å². The zero-order valence-corrected chi connectivity index (χ0v) is 14.2. The second-order valence-corrected chi connectivity index (χ2v) is 5.64. The van der Waals surface area contributed by atoms with Crippen LogP contribution in [0.15, 0.2) is 42.9 Å². The Bertz CT molecular complexity index is 838. The van der Waals surface area contributed by atoms with Crippen LogP contribution in [0.5, 0.6) is 0 Å². The monoisotopic (exact) mass is 361 g/mol. The van der Waals surface area contributed by atoms with Crippen molar-refractivity contribution in [3.63, 3.8) is 0 Å². The third-order valence-electron chi connectivity index (χ3n) is 3.59. The van der Waals surface area contributed by atoms with Crippen LogP contribution >= 0.6 is 12.8 Å². The Labute approximate surface area is 148 Å². The molecule has 0 aliphatic rings. The van der Waals surface area contributed by atoms with Gasteiger partial charge in [-0.2, -0.15) is 20.5 Å². The first kappa shape index (κ1) is 17.0. The normalized spacial score (nSPS) is 12.0. The smallest absolute Gasteiger partial charge is 0.325 e. The molecule has 0 aliphatic carbocycles. The molecular weight excluding hydrogens is 345 g/mol. The Hall–Kier alpha value is -2.88. The number of thiol groups is 1. The van der Waals surface area contributed by atoms with Crippen LogP contribution in [0.25, 0.3) is 5.69 Å². The molecule has 0 fully saturated rings. The van der Waals surface area contributed by atoms with E-state index in [-0.39, 0.29) is 0 Å². The van der Waals surface area contributed by atoms with Crippen molar-refractivity contribution in [2.45, 2.75) is 13.0 Å². The Morgan fingerprint density at radius 1 is 1.52 bits per heavy atom. The average Bonchev–Trinajstić information content (AvgIpc) is 3.32.